The van der Waals surface area contributed by atoms with E-state index in [0.29, 0.717) is 24.8 Å². The molecule has 0 heterocycles. The van der Waals surface area contributed by atoms with E-state index >= 15 is 0 Å². The first-order chi connectivity index (χ1) is 11.0. The molecule has 0 aliphatic heterocycles. The standard InChI is InChI=1S/C19H28ClNO2/c1-15(13-20)14-23-17-8-6-16(7-9-17)12-18(22)21-19(2)10-4-3-5-11-19/h6-9,15H,3-5,10-14H2,1-2H3,(H,21,22). The van der Waals surface area contributed by atoms with Crippen LogP contribution in [0.15, 0.2) is 24.3 Å². The Kier molecular flexibility index (Phi) is 6.76. The van der Waals surface area contributed by atoms with Crippen LogP contribution in [0.1, 0.15) is 51.5 Å². The molecule has 1 N–H and O–H groups in total. The maximum Gasteiger partial charge on any atom is 0.224 e. The van der Waals surface area contributed by atoms with Crippen molar-refractivity contribution in [3.63, 3.8) is 0 Å². The lowest BCUT2D eigenvalue weighted by Crippen LogP contribution is -2.47. The van der Waals surface area contributed by atoms with Crippen LogP contribution in [0, 0.1) is 5.92 Å². The van der Waals surface area contributed by atoms with E-state index in [9.17, 15) is 4.79 Å². The topological polar surface area (TPSA) is 38.3 Å². The molecule has 1 unspecified atom stereocenters. The van der Waals surface area contributed by atoms with Gasteiger partial charge in [0.05, 0.1) is 13.0 Å². The van der Waals surface area contributed by atoms with E-state index in [2.05, 4.69) is 19.2 Å². The van der Waals surface area contributed by atoms with Crippen molar-refractivity contribution in [3.8, 4) is 5.75 Å². The Hall–Kier alpha value is -1.22. The largest absolute Gasteiger partial charge is 0.493 e. The van der Waals surface area contributed by atoms with Gasteiger partial charge in [0.1, 0.15) is 5.75 Å². The first kappa shape index (κ1) is 18.1. The maximum absolute atomic E-state index is 12.3. The van der Waals surface area contributed by atoms with Gasteiger partial charge in [-0.05, 0) is 37.5 Å². The normalized spacial score (nSPS) is 18.2. The lowest BCUT2D eigenvalue weighted by molar-refractivity contribution is -0.122. The van der Waals surface area contributed by atoms with E-state index in [1.54, 1.807) is 0 Å². The summed E-state index contributed by atoms with van der Waals surface area (Å²) < 4.78 is 5.67. The lowest BCUT2D eigenvalue weighted by Gasteiger charge is -2.34. The molecule has 0 radical (unpaired) electrons. The molecule has 0 aromatic heterocycles. The molecule has 2 rings (SSSR count). The Bertz CT molecular complexity index is 495. The molecule has 0 saturated heterocycles. The van der Waals surface area contributed by atoms with Gasteiger partial charge in [-0.3, -0.25) is 4.79 Å². The first-order valence-corrected chi connectivity index (χ1v) is 9.13. The lowest BCUT2D eigenvalue weighted by atomic mass is 9.83. The number of hydrogen-bond acceptors (Lipinski definition) is 2. The fourth-order valence-corrected chi connectivity index (χ4v) is 3.10. The van der Waals surface area contributed by atoms with Crippen LogP contribution in [0.2, 0.25) is 0 Å². The second-order valence-corrected chi connectivity index (χ2v) is 7.37. The van der Waals surface area contributed by atoms with E-state index in [-0.39, 0.29) is 11.4 Å². The van der Waals surface area contributed by atoms with Crippen LogP contribution >= 0.6 is 11.6 Å². The zero-order valence-corrected chi connectivity index (χ0v) is 15.0. The zero-order valence-electron chi connectivity index (χ0n) is 14.2. The number of alkyl halides is 1. The van der Waals surface area contributed by atoms with Crippen molar-refractivity contribution in [1.29, 1.82) is 0 Å². The molecule has 1 fully saturated rings. The molecule has 1 aromatic carbocycles. The SMILES string of the molecule is CC(CCl)COc1ccc(CC(=O)NC2(C)CCCCC2)cc1. The molecule has 128 valence electrons. The van der Waals surface area contributed by atoms with Crippen LogP contribution < -0.4 is 10.1 Å². The Labute approximate surface area is 144 Å². The monoisotopic (exact) mass is 337 g/mol. The Morgan fingerprint density at radius 1 is 1.26 bits per heavy atom. The molecule has 4 heteroatoms. The number of nitrogens with one attached hydrogen (secondary N) is 1. The summed E-state index contributed by atoms with van der Waals surface area (Å²) in [4.78, 5) is 12.3. The molecular formula is C19H28ClNO2. The summed E-state index contributed by atoms with van der Waals surface area (Å²) in [6.07, 6.45) is 6.31. The molecule has 1 atom stereocenters. The summed E-state index contributed by atoms with van der Waals surface area (Å²) in [5, 5.41) is 3.22. The highest BCUT2D eigenvalue weighted by atomic mass is 35.5. The molecule has 23 heavy (non-hydrogen) atoms. The number of benzene rings is 1. The van der Waals surface area contributed by atoms with Crippen LogP contribution in [-0.4, -0.2) is 23.9 Å². The summed E-state index contributed by atoms with van der Waals surface area (Å²) in [5.74, 6) is 1.86. The molecule has 1 saturated carbocycles. The Morgan fingerprint density at radius 3 is 2.52 bits per heavy atom. The Balaban J connectivity index is 1.81. The fraction of sp³-hybridized carbons (Fsp3) is 0.632. The number of carbonyl (C=O) groups is 1. The molecule has 3 nitrogen and oxygen atoms in total. The van der Waals surface area contributed by atoms with Crippen molar-refractivity contribution in [3.05, 3.63) is 29.8 Å². The minimum atomic E-state index is -0.0178. The number of carbonyl (C=O) groups excluding carboxylic acids is 1. The number of rotatable bonds is 7. The van der Waals surface area contributed by atoms with Gasteiger partial charge < -0.3 is 10.1 Å². The number of amides is 1. The number of ether oxygens (including phenoxy) is 1. The molecule has 0 bridgehead atoms. The molecule has 1 amide bonds. The summed E-state index contributed by atoms with van der Waals surface area (Å²) in [7, 11) is 0. The van der Waals surface area contributed by atoms with Gasteiger partial charge in [0.15, 0.2) is 0 Å². The highest BCUT2D eigenvalue weighted by molar-refractivity contribution is 6.18. The highest BCUT2D eigenvalue weighted by Gasteiger charge is 2.28. The second kappa shape index (κ2) is 8.58. The van der Waals surface area contributed by atoms with Gasteiger partial charge in [-0.2, -0.15) is 0 Å². The van der Waals surface area contributed by atoms with Crippen molar-refractivity contribution < 1.29 is 9.53 Å². The predicted molar refractivity (Wildman–Crippen MR) is 95.2 cm³/mol. The van der Waals surface area contributed by atoms with E-state index in [1.165, 1.54) is 19.3 Å². The van der Waals surface area contributed by atoms with Gasteiger partial charge in [0.25, 0.3) is 0 Å². The fourth-order valence-electron chi connectivity index (χ4n) is 3.01. The van der Waals surface area contributed by atoms with Crippen molar-refractivity contribution in [2.75, 3.05) is 12.5 Å². The van der Waals surface area contributed by atoms with Crippen LogP contribution in [0.25, 0.3) is 0 Å². The first-order valence-electron chi connectivity index (χ1n) is 8.59. The van der Waals surface area contributed by atoms with E-state index in [1.807, 2.05) is 24.3 Å². The van der Waals surface area contributed by atoms with E-state index in [0.717, 1.165) is 24.2 Å². The molecule has 1 aliphatic rings. The number of halogens is 1. The van der Waals surface area contributed by atoms with Gasteiger partial charge in [-0.15, -0.1) is 11.6 Å². The van der Waals surface area contributed by atoms with Crippen LogP contribution in [-0.2, 0) is 11.2 Å². The van der Waals surface area contributed by atoms with Gasteiger partial charge in [0, 0.05) is 17.3 Å². The molecule has 1 aromatic rings. The minimum absolute atomic E-state index is 0.0178. The second-order valence-electron chi connectivity index (χ2n) is 7.06. The minimum Gasteiger partial charge on any atom is -0.493 e. The van der Waals surface area contributed by atoms with Crippen molar-refractivity contribution in [2.24, 2.45) is 5.92 Å². The summed E-state index contributed by atoms with van der Waals surface area (Å²) in [5.41, 5.74) is 0.996. The van der Waals surface area contributed by atoms with Gasteiger partial charge in [0.2, 0.25) is 5.91 Å². The third kappa shape index (κ3) is 6.06. The van der Waals surface area contributed by atoms with Crippen molar-refractivity contribution in [1.82, 2.24) is 5.32 Å². The van der Waals surface area contributed by atoms with Crippen molar-refractivity contribution in [2.45, 2.75) is 57.9 Å². The zero-order chi connectivity index (χ0) is 16.7. The highest BCUT2D eigenvalue weighted by Crippen LogP contribution is 2.27. The van der Waals surface area contributed by atoms with Gasteiger partial charge in [-0.25, -0.2) is 0 Å². The molecular weight excluding hydrogens is 310 g/mol. The van der Waals surface area contributed by atoms with E-state index in [4.69, 9.17) is 16.3 Å². The summed E-state index contributed by atoms with van der Waals surface area (Å²) in [6.45, 7) is 4.83. The molecule has 0 spiro atoms. The van der Waals surface area contributed by atoms with Crippen LogP contribution in [0.5, 0.6) is 5.75 Å². The van der Waals surface area contributed by atoms with Crippen LogP contribution in [0.3, 0.4) is 0 Å². The van der Waals surface area contributed by atoms with Crippen LogP contribution in [0.4, 0.5) is 0 Å². The van der Waals surface area contributed by atoms with Crippen molar-refractivity contribution >= 4 is 17.5 Å². The summed E-state index contributed by atoms with van der Waals surface area (Å²) in [6, 6.07) is 7.77. The average molecular weight is 338 g/mol. The van der Waals surface area contributed by atoms with Gasteiger partial charge in [-0.1, -0.05) is 38.3 Å². The predicted octanol–water partition coefficient (Wildman–Crippen LogP) is 4.32. The third-order valence-electron chi connectivity index (χ3n) is 4.48. The smallest absolute Gasteiger partial charge is 0.224 e. The Morgan fingerprint density at radius 2 is 1.91 bits per heavy atom. The quantitative estimate of drug-likeness (QED) is 0.752. The maximum atomic E-state index is 12.3. The average Bonchev–Trinajstić information content (AvgIpc) is 2.54. The number of hydrogen-bond donors (Lipinski definition) is 1. The van der Waals surface area contributed by atoms with Gasteiger partial charge >= 0.3 is 0 Å². The molecule has 1 aliphatic carbocycles. The third-order valence-corrected chi connectivity index (χ3v) is 5.01. The van der Waals surface area contributed by atoms with E-state index < -0.39 is 0 Å². The summed E-state index contributed by atoms with van der Waals surface area (Å²) >= 11 is 5.77.